The number of ether oxygens (including phenoxy) is 4. The smallest absolute Gasteiger partial charge is 0.488 e. The lowest BCUT2D eigenvalue weighted by atomic mass is 9.80. The summed E-state index contributed by atoms with van der Waals surface area (Å²) >= 11 is 0. The van der Waals surface area contributed by atoms with Gasteiger partial charge in [-0.1, -0.05) is 26.0 Å². The van der Waals surface area contributed by atoms with Crippen LogP contribution in [0, 0.1) is 5.92 Å². The first kappa shape index (κ1) is 29.4. The van der Waals surface area contributed by atoms with Crippen molar-refractivity contribution in [3.8, 4) is 17.2 Å². The molecule has 1 unspecified atom stereocenters. The lowest BCUT2D eigenvalue weighted by molar-refractivity contribution is -0.148. The van der Waals surface area contributed by atoms with Crippen LogP contribution in [0.15, 0.2) is 72.8 Å². The van der Waals surface area contributed by atoms with Crippen LogP contribution in [0.5, 0.6) is 17.2 Å². The Hall–Kier alpha value is -4.15. The van der Waals surface area contributed by atoms with E-state index < -0.39 is 19.1 Å². The number of carbonyl (C=O) groups excluding carboxylic acids is 3. The Morgan fingerprint density at radius 1 is 0.718 bits per heavy atom. The van der Waals surface area contributed by atoms with Crippen LogP contribution in [0.25, 0.3) is 0 Å². The molecule has 1 atom stereocenters. The topological polar surface area (TPSA) is 129 Å². The van der Waals surface area contributed by atoms with Crippen molar-refractivity contribution in [2.24, 2.45) is 5.92 Å². The lowest BCUT2D eigenvalue weighted by Gasteiger charge is -2.10. The van der Waals surface area contributed by atoms with Crippen molar-refractivity contribution in [3.63, 3.8) is 0 Å². The molecule has 0 radical (unpaired) electrons. The van der Waals surface area contributed by atoms with E-state index in [-0.39, 0.29) is 34.4 Å². The third-order valence-corrected chi connectivity index (χ3v) is 5.85. The second kappa shape index (κ2) is 14.7. The van der Waals surface area contributed by atoms with Crippen molar-refractivity contribution in [1.29, 1.82) is 0 Å². The van der Waals surface area contributed by atoms with Crippen molar-refractivity contribution in [1.82, 2.24) is 0 Å². The summed E-state index contributed by atoms with van der Waals surface area (Å²) in [4.78, 5) is 36.4. The third-order valence-electron chi connectivity index (χ3n) is 5.85. The Kier molecular flexibility index (Phi) is 11.1. The summed E-state index contributed by atoms with van der Waals surface area (Å²) in [6.45, 7) is 4.61. The van der Waals surface area contributed by atoms with Gasteiger partial charge in [0.2, 0.25) is 0 Å². The molecule has 0 amide bonds. The van der Waals surface area contributed by atoms with E-state index in [1.165, 1.54) is 48.5 Å². The van der Waals surface area contributed by atoms with E-state index >= 15 is 0 Å². The predicted molar refractivity (Wildman–Crippen MR) is 144 cm³/mol. The first-order chi connectivity index (χ1) is 18.8. The fraction of sp³-hybridized carbons (Fsp3) is 0.276. The van der Waals surface area contributed by atoms with Gasteiger partial charge in [0.05, 0.1) is 30.3 Å². The van der Waals surface area contributed by atoms with E-state index in [1.54, 1.807) is 24.3 Å². The van der Waals surface area contributed by atoms with Crippen LogP contribution in [-0.2, 0) is 9.53 Å². The molecule has 2 N–H and O–H groups in total. The molecule has 10 heteroatoms. The van der Waals surface area contributed by atoms with Gasteiger partial charge >= 0.3 is 25.0 Å². The summed E-state index contributed by atoms with van der Waals surface area (Å²) in [5.41, 5.74) is 0.837. The molecule has 3 aromatic rings. The molecule has 0 spiro atoms. The van der Waals surface area contributed by atoms with Gasteiger partial charge in [-0.05, 0) is 85.4 Å². The predicted octanol–water partition coefficient (Wildman–Crippen LogP) is 3.55. The van der Waals surface area contributed by atoms with Crippen LogP contribution >= 0.6 is 0 Å². The highest BCUT2D eigenvalue weighted by Crippen LogP contribution is 2.21. The number of benzene rings is 3. The molecule has 0 aliphatic rings. The number of esters is 3. The average Bonchev–Trinajstić information content (AvgIpc) is 2.95. The maximum absolute atomic E-state index is 12.5. The molecule has 204 valence electrons. The van der Waals surface area contributed by atoms with E-state index in [0.29, 0.717) is 30.9 Å². The van der Waals surface area contributed by atoms with Crippen molar-refractivity contribution >= 4 is 30.5 Å². The summed E-state index contributed by atoms with van der Waals surface area (Å²) in [6.07, 6.45) is 2.18. The maximum atomic E-state index is 12.5. The second-order valence-corrected chi connectivity index (χ2v) is 8.80. The molecule has 9 nitrogen and oxygen atoms in total. The van der Waals surface area contributed by atoms with Crippen LogP contribution in [0.4, 0.5) is 0 Å². The number of carbonyl (C=O) groups is 3. The highest BCUT2D eigenvalue weighted by atomic mass is 16.5. The van der Waals surface area contributed by atoms with Gasteiger partial charge in [-0.25, -0.2) is 9.59 Å². The van der Waals surface area contributed by atoms with E-state index in [2.05, 4.69) is 0 Å². The van der Waals surface area contributed by atoms with Crippen LogP contribution in [0.2, 0.25) is 0 Å². The minimum absolute atomic E-state index is 0.0869. The molecule has 0 aliphatic carbocycles. The largest absolute Gasteiger partial charge is 0.494 e. The summed E-state index contributed by atoms with van der Waals surface area (Å²) in [5.74, 6) is -0.305. The molecule has 39 heavy (non-hydrogen) atoms. The first-order valence-electron chi connectivity index (χ1n) is 12.7. The van der Waals surface area contributed by atoms with Gasteiger partial charge in [0.25, 0.3) is 0 Å². The van der Waals surface area contributed by atoms with Gasteiger partial charge < -0.3 is 29.0 Å². The SMILES string of the molecule is CCC(C)C(=O)OCCCCOc1ccc(C(=O)Oc2ccc(OC(=O)c3ccc(B(O)O)cc3)cc2)cc1. The maximum Gasteiger partial charge on any atom is 0.488 e. The standard InChI is InChI=1S/C29H31BO9/c1-3-20(2)27(31)37-19-5-4-18-36-24-12-8-22(9-13-24)29(33)39-26-16-14-25(15-17-26)38-28(32)21-6-10-23(11-7-21)30(34)35/h6-17,20,34-35H,3-5,18-19H2,1-2H3. The number of rotatable bonds is 13. The monoisotopic (exact) mass is 534 g/mol. The van der Waals surface area contributed by atoms with E-state index in [0.717, 1.165) is 12.8 Å². The fourth-order valence-corrected chi connectivity index (χ4v) is 3.26. The fourth-order valence-electron chi connectivity index (χ4n) is 3.26. The van der Waals surface area contributed by atoms with Crippen molar-refractivity contribution in [3.05, 3.63) is 83.9 Å². The highest BCUT2D eigenvalue weighted by molar-refractivity contribution is 6.58. The molecule has 0 saturated heterocycles. The molecular formula is C29H31BO9. The first-order valence-corrected chi connectivity index (χ1v) is 12.7. The van der Waals surface area contributed by atoms with Crippen LogP contribution < -0.4 is 19.7 Å². The molecule has 0 aliphatic heterocycles. The second-order valence-electron chi connectivity index (χ2n) is 8.80. The van der Waals surface area contributed by atoms with Gasteiger partial charge in [-0.3, -0.25) is 4.79 Å². The normalized spacial score (nSPS) is 11.3. The molecule has 3 aromatic carbocycles. The Labute approximate surface area is 227 Å². The van der Waals surface area contributed by atoms with Crippen molar-refractivity contribution < 1.29 is 43.4 Å². The Balaban J connectivity index is 1.41. The quantitative estimate of drug-likeness (QED) is 0.146. The molecule has 0 fully saturated rings. The van der Waals surface area contributed by atoms with Crippen LogP contribution in [0.1, 0.15) is 53.8 Å². The van der Waals surface area contributed by atoms with Gasteiger partial charge in [-0.2, -0.15) is 0 Å². The van der Waals surface area contributed by atoms with Gasteiger partial charge in [0.1, 0.15) is 17.2 Å². The van der Waals surface area contributed by atoms with E-state index in [9.17, 15) is 14.4 Å². The summed E-state index contributed by atoms with van der Waals surface area (Å²) < 4.78 is 21.6. The number of unbranched alkanes of at least 4 members (excludes halogenated alkanes) is 1. The zero-order valence-electron chi connectivity index (χ0n) is 21.9. The van der Waals surface area contributed by atoms with Crippen LogP contribution in [0.3, 0.4) is 0 Å². The minimum atomic E-state index is -1.62. The van der Waals surface area contributed by atoms with E-state index in [4.69, 9.17) is 29.0 Å². The van der Waals surface area contributed by atoms with Crippen molar-refractivity contribution in [2.45, 2.75) is 33.1 Å². The Morgan fingerprint density at radius 3 is 1.67 bits per heavy atom. The van der Waals surface area contributed by atoms with E-state index in [1.807, 2.05) is 13.8 Å². The van der Waals surface area contributed by atoms with Crippen LogP contribution in [-0.4, -0.2) is 48.3 Å². The number of hydrogen-bond acceptors (Lipinski definition) is 9. The number of hydrogen-bond donors (Lipinski definition) is 2. The summed E-state index contributed by atoms with van der Waals surface area (Å²) in [5, 5.41) is 18.3. The summed E-state index contributed by atoms with van der Waals surface area (Å²) in [6, 6.07) is 18.2. The minimum Gasteiger partial charge on any atom is -0.494 e. The Bertz CT molecular complexity index is 1220. The summed E-state index contributed by atoms with van der Waals surface area (Å²) in [7, 11) is -1.62. The lowest BCUT2D eigenvalue weighted by Crippen LogP contribution is -2.29. The van der Waals surface area contributed by atoms with Gasteiger partial charge in [-0.15, -0.1) is 0 Å². The molecule has 0 heterocycles. The Morgan fingerprint density at radius 2 is 1.18 bits per heavy atom. The van der Waals surface area contributed by atoms with Gasteiger partial charge in [0.15, 0.2) is 0 Å². The molecule has 0 saturated carbocycles. The van der Waals surface area contributed by atoms with Gasteiger partial charge in [0, 0.05) is 0 Å². The average molecular weight is 534 g/mol. The zero-order chi connectivity index (χ0) is 28.2. The molecular weight excluding hydrogens is 503 g/mol. The third kappa shape index (κ3) is 9.28. The highest BCUT2D eigenvalue weighted by Gasteiger charge is 2.14. The molecule has 0 aromatic heterocycles. The molecule has 0 bridgehead atoms. The molecule has 3 rings (SSSR count). The zero-order valence-corrected chi connectivity index (χ0v) is 21.9. The van der Waals surface area contributed by atoms with Crippen molar-refractivity contribution in [2.75, 3.05) is 13.2 Å².